The normalized spacial score (nSPS) is 13.9. The van der Waals surface area contributed by atoms with Crippen LogP contribution in [-0.4, -0.2) is 13.2 Å². The summed E-state index contributed by atoms with van der Waals surface area (Å²) in [4.78, 5) is 0. The van der Waals surface area contributed by atoms with E-state index in [-0.39, 0.29) is 0 Å². The summed E-state index contributed by atoms with van der Waals surface area (Å²) in [5.41, 5.74) is 0.983. The minimum Gasteiger partial charge on any atom is -0.490 e. The molecule has 19 heavy (non-hydrogen) atoms. The molecule has 0 saturated heterocycles. The molecule has 0 amide bonds. The van der Waals surface area contributed by atoms with Crippen molar-refractivity contribution >= 4 is 21.6 Å². The molecule has 0 atom stereocenters. The highest BCUT2D eigenvalue weighted by atomic mass is 79.9. The summed E-state index contributed by atoms with van der Waals surface area (Å²) in [7, 11) is 0. The Hall–Kier alpha value is -1.62. The number of rotatable bonds is 3. The number of anilines is 1. The van der Waals surface area contributed by atoms with Crippen LogP contribution >= 0.6 is 15.9 Å². The van der Waals surface area contributed by atoms with E-state index in [2.05, 4.69) is 21.2 Å². The Bertz CT molecular complexity index is 568. The van der Waals surface area contributed by atoms with Gasteiger partial charge in [0, 0.05) is 18.2 Å². The third kappa shape index (κ3) is 3.04. The van der Waals surface area contributed by atoms with Gasteiger partial charge in [0.05, 0.1) is 19.8 Å². The third-order valence-corrected chi connectivity index (χ3v) is 3.27. The molecule has 0 radical (unpaired) electrons. The smallest absolute Gasteiger partial charge is 0.169 e. The number of furan rings is 1. The van der Waals surface area contributed by atoms with Crippen molar-refractivity contribution in [2.45, 2.75) is 13.0 Å². The summed E-state index contributed by atoms with van der Waals surface area (Å²) in [5.74, 6) is 2.48. The van der Waals surface area contributed by atoms with Gasteiger partial charge in [-0.2, -0.15) is 0 Å². The second kappa shape index (κ2) is 5.57. The molecular weight excluding hydrogens is 310 g/mol. The van der Waals surface area contributed by atoms with E-state index in [1.807, 2.05) is 30.3 Å². The first kappa shape index (κ1) is 12.4. The van der Waals surface area contributed by atoms with Crippen LogP contribution in [0.5, 0.6) is 11.5 Å². The molecule has 0 unspecified atom stereocenters. The van der Waals surface area contributed by atoms with E-state index in [9.17, 15) is 0 Å². The molecule has 1 aliphatic heterocycles. The van der Waals surface area contributed by atoms with Gasteiger partial charge in [-0.1, -0.05) is 0 Å². The Kier molecular flexibility index (Phi) is 3.64. The molecule has 0 spiro atoms. The molecule has 2 heterocycles. The predicted octanol–water partition coefficient (Wildman–Crippen LogP) is 3.82. The number of nitrogens with one attached hydrogen (secondary N) is 1. The van der Waals surface area contributed by atoms with Gasteiger partial charge in [-0.15, -0.1) is 0 Å². The maximum atomic E-state index is 5.65. The summed E-state index contributed by atoms with van der Waals surface area (Å²) in [5, 5.41) is 3.29. The van der Waals surface area contributed by atoms with E-state index in [4.69, 9.17) is 13.9 Å². The highest BCUT2D eigenvalue weighted by molar-refractivity contribution is 9.10. The molecule has 1 aromatic heterocycles. The van der Waals surface area contributed by atoms with Crippen molar-refractivity contribution in [3.63, 3.8) is 0 Å². The van der Waals surface area contributed by atoms with Gasteiger partial charge in [-0.25, -0.2) is 0 Å². The van der Waals surface area contributed by atoms with Crippen molar-refractivity contribution in [1.29, 1.82) is 0 Å². The van der Waals surface area contributed by atoms with E-state index < -0.39 is 0 Å². The molecule has 0 bridgehead atoms. The maximum Gasteiger partial charge on any atom is 0.169 e. The van der Waals surface area contributed by atoms with Crippen molar-refractivity contribution in [2.75, 3.05) is 18.5 Å². The first-order valence-electron chi connectivity index (χ1n) is 6.19. The van der Waals surface area contributed by atoms with E-state index >= 15 is 0 Å². The summed E-state index contributed by atoms with van der Waals surface area (Å²) in [6, 6.07) is 9.68. The average molecular weight is 324 g/mol. The number of hydrogen-bond acceptors (Lipinski definition) is 4. The Labute approximate surface area is 119 Å². The second-order valence-electron chi connectivity index (χ2n) is 4.27. The fourth-order valence-corrected chi connectivity index (χ4v) is 2.25. The van der Waals surface area contributed by atoms with Gasteiger partial charge in [0.1, 0.15) is 5.76 Å². The molecule has 100 valence electrons. The fraction of sp³-hybridized carbons (Fsp3) is 0.286. The topological polar surface area (TPSA) is 43.6 Å². The minimum absolute atomic E-state index is 0.630. The fourth-order valence-electron chi connectivity index (χ4n) is 1.91. The van der Waals surface area contributed by atoms with Gasteiger partial charge in [-0.05, 0) is 40.2 Å². The van der Waals surface area contributed by atoms with Crippen LogP contribution in [0.2, 0.25) is 0 Å². The first-order valence-corrected chi connectivity index (χ1v) is 6.98. The van der Waals surface area contributed by atoms with Crippen LogP contribution < -0.4 is 14.8 Å². The lowest BCUT2D eigenvalue weighted by atomic mass is 10.2. The maximum absolute atomic E-state index is 5.65. The molecule has 4 nitrogen and oxygen atoms in total. The van der Waals surface area contributed by atoms with E-state index in [1.54, 1.807) is 0 Å². The Balaban J connectivity index is 1.69. The first-order chi connectivity index (χ1) is 9.31. The van der Waals surface area contributed by atoms with Crippen LogP contribution in [0.15, 0.2) is 39.4 Å². The highest BCUT2D eigenvalue weighted by Crippen LogP contribution is 2.32. The molecule has 0 aliphatic carbocycles. The highest BCUT2D eigenvalue weighted by Gasteiger charge is 2.10. The molecule has 2 aromatic rings. The lowest BCUT2D eigenvalue weighted by Gasteiger charge is -2.10. The Morgan fingerprint density at radius 2 is 1.89 bits per heavy atom. The Morgan fingerprint density at radius 1 is 1.05 bits per heavy atom. The molecule has 1 aliphatic rings. The molecule has 1 N–H and O–H groups in total. The zero-order valence-electron chi connectivity index (χ0n) is 10.3. The second-order valence-corrected chi connectivity index (χ2v) is 5.05. The van der Waals surface area contributed by atoms with Crippen LogP contribution in [0, 0.1) is 0 Å². The molecular formula is C14H14BrNO3. The number of fused-ring (bicyclic) bond motifs is 1. The lowest BCUT2D eigenvalue weighted by Crippen LogP contribution is -1.99. The quantitative estimate of drug-likeness (QED) is 0.932. The van der Waals surface area contributed by atoms with E-state index in [0.29, 0.717) is 19.8 Å². The third-order valence-electron chi connectivity index (χ3n) is 2.84. The SMILES string of the molecule is Brc1ccc(CNc2ccc3c(c2)OCCCO3)o1. The summed E-state index contributed by atoms with van der Waals surface area (Å²) in [6.45, 7) is 2.03. The summed E-state index contributed by atoms with van der Waals surface area (Å²) >= 11 is 3.29. The standard InChI is InChI=1S/C14H14BrNO3/c15-14-5-3-11(19-14)9-16-10-2-4-12-13(8-10)18-7-1-6-17-12/h2-5,8,16H,1,6-7,9H2. The number of hydrogen-bond donors (Lipinski definition) is 1. The monoisotopic (exact) mass is 323 g/mol. The van der Waals surface area contributed by atoms with E-state index in [0.717, 1.165) is 34.0 Å². The predicted molar refractivity (Wildman–Crippen MR) is 75.8 cm³/mol. The molecule has 1 aromatic carbocycles. The van der Waals surface area contributed by atoms with Crippen molar-refractivity contribution in [2.24, 2.45) is 0 Å². The largest absolute Gasteiger partial charge is 0.490 e. The van der Waals surface area contributed by atoms with Crippen LogP contribution in [0.1, 0.15) is 12.2 Å². The molecule has 0 fully saturated rings. The number of ether oxygens (including phenoxy) is 2. The van der Waals surface area contributed by atoms with Gasteiger partial charge in [-0.3, -0.25) is 0 Å². The number of benzene rings is 1. The Morgan fingerprint density at radius 3 is 2.68 bits per heavy atom. The lowest BCUT2D eigenvalue weighted by molar-refractivity contribution is 0.297. The van der Waals surface area contributed by atoms with Crippen molar-refractivity contribution in [1.82, 2.24) is 0 Å². The number of halogens is 1. The van der Waals surface area contributed by atoms with Gasteiger partial charge < -0.3 is 19.2 Å². The van der Waals surface area contributed by atoms with Crippen LogP contribution in [-0.2, 0) is 6.54 Å². The van der Waals surface area contributed by atoms with Crippen LogP contribution in [0.25, 0.3) is 0 Å². The zero-order chi connectivity index (χ0) is 13.1. The molecule has 0 saturated carbocycles. The summed E-state index contributed by atoms with van der Waals surface area (Å²) < 4.78 is 17.4. The van der Waals surface area contributed by atoms with Gasteiger partial charge in [0.15, 0.2) is 16.2 Å². The van der Waals surface area contributed by atoms with Crippen molar-refractivity contribution < 1.29 is 13.9 Å². The summed E-state index contributed by atoms with van der Waals surface area (Å²) in [6.07, 6.45) is 0.915. The van der Waals surface area contributed by atoms with Crippen molar-refractivity contribution in [3.05, 3.63) is 40.8 Å². The average Bonchev–Trinajstić information content (AvgIpc) is 2.70. The van der Waals surface area contributed by atoms with Gasteiger partial charge >= 0.3 is 0 Å². The van der Waals surface area contributed by atoms with Crippen LogP contribution in [0.3, 0.4) is 0 Å². The van der Waals surface area contributed by atoms with Crippen LogP contribution in [0.4, 0.5) is 5.69 Å². The zero-order valence-corrected chi connectivity index (χ0v) is 11.9. The molecule has 5 heteroatoms. The molecule has 3 rings (SSSR count). The van der Waals surface area contributed by atoms with Gasteiger partial charge in [0.2, 0.25) is 0 Å². The minimum atomic E-state index is 0.630. The van der Waals surface area contributed by atoms with E-state index in [1.165, 1.54) is 0 Å². The van der Waals surface area contributed by atoms with Crippen molar-refractivity contribution in [3.8, 4) is 11.5 Å². The van der Waals surface area contributed by atoms with Gasteiger partial charge in [0.25, 0.3) is 0 Å².